The lowest BCUT2D eigenvalue weighted by Crippen LogP contribution is -2.38. The normalized spacial score (nSPS) is 13.5. The van der Waals surface area contributed by atoms with Crippen molar-refractivity contribution in [3.8, 4) is 11.5 Å². The number of hydrogen-bond donors (Lipinski definition) is 1. The maximum Gasteiger partial charge on any atom is 0.261 e. The van der Waals surface area contributed by atoms with Crippen LogP contribution in [0.4, 0.5) is 0 Å². The number of ether oxygens (including phenoxy) is 2. The first kappa shape index (κ1) is 20.8. The number of sulfone groups is 1. The Hall–Kier alpha value is -2.54. The number of benzene rings is 2. The lowest BCUT2D eigenvalue weighted by molar-refractivity contribution is -0.128. The molecule has 0 unspecified atom stereocenters. The van der Waals surface area contributed by atoms with E-state index in [-0.39, 0.29) is 16.8 Å². The van der Waals surface area contributed by atoms with Crippen LogP contribution in [0.25, 0.3) is 0 Å². The van der Waals surface area contributed by atoms with E-state index in [1.54, 1.807) is 62.6 Å². The molecule has 2 rings (SSSR count). The topological polar surface area (TPSA) is 81.7 Å². The van der Waals surface area contributed by atoms with Crippen LogP contribution >= 0.6 is 0 Å². The fourth-order valence-corrected chi connectivity index (χ4v) is 3.20. The number of methoxy groups -OCH3 is 1. The predicted molar refractivity (Wildman–Crippen MR) is 104 cm³/mol. The van der Waals surface area contributed by atoms with Crippen molar-refractivity contribution in [1.82, 2.24) is 5.32 Å². The molecule has 0 saturated heterocycles. The summed E-state index contributed by atoms with van der Waals surface area (Å²) in [5.74, 6) is 1.04. The van der Waals surface area contributed by atoms with E-state index in [2.05, 4.69) is 5.32 Å². The van der Waals surface area contributed by atoms with Gasteiger partial charge in [0.2, 0.25) is 0 Å². The number of carbonyl (C=O) groups excluding carboxylic acids is 1. The van der Waals surface area contributed by atoms with Gasteiger partial charge in [-0.05, 0) is 55.3 Å². The van der Waals surface area contributed by atoms with Gasteiger partial charge in [0.15, 0.2) is 15.9 Å². The molecule has 0 saturated carbocycles. The molecule has 0 aliphatic carbocycles. The monoisotopic (exact) mass is 391 g/mol. The van der Waals surface area contributed by atoms with E-state index in [0.717, 1.165) is 5.56 Å². The summed E-state index contributed by atoms with van der Waals surface area (Å²) >= 11 is 0. The number of rotatable bonds is 8. The van der Waals surface area contributed by atoms with E-state index in [1.165, 1.54) is 6.26 Å². The fraction of sp³-hybridized carbons (Fsp3) is 0.350. The second kappa shape index (κ2) is 8.90. The highest BCUT2D eigenvalue weighted by Gasteiger charge is 2.20. The van der Waals surface area contributed by atoms with Gasteiger partial charge in [0.05, 0.1) is 18.0 Å². The van der Waals surface area contributed by atoms with E-state index < -0.39 is 15.9 Å². The van der Waals surface area contributed by atoms with Crippen LogP contribution in [0.15, 0.2) is 53.4 Å². The molecule has 0 aliphatic heterocycles. The Morgan fingerprint density at radius 3 is 2.07 bits per heavy atom. The van der Waals surface area contributed by atoms with Gasteiger partial charge in [-0.25, -0.2) is 8.42 Å². The minimum Gasteiger partial charge on any atom is -0.497 e. The molecule has 6 nitrogen and oxygen atoms in total. The van der Waals surface area contributed by atoms with Gasteiger partial charge in [-0.3, -0.25) is 4.79 Å². The molecule has 7 heteroatoms. The molecule has 1 amide bonds. The lowest BCUT2D eigenvalue weighted by atomic mass is 10.0. The highest BCUT2D eigenvalue weighted by molar-refractivity contribution is 7.90. The first-order valence-corrected chi connectivity index (χ1v) is 10.5. The maximum atomic E-state index is 12.5. The molecular formula is C20H25NO5S. The van der Waals surface area contributed by atoms with Crippen molar-refractivity contribution in [2.75, 3.05) is 13.4 Å². The highest BCUT2D eigenvalue weighted by Crippen LogP contribution is 2.21. The molecule has 0 fully saturated rings. The average Bonchev–Trinajstić information content (AvgIpc) is 2.66. The molecular weight excluding hydrogens is 366 g/mol. The summed E-state index contributed by atoms with van der Waals surface area (Å²) in [6.07, 6.45) is 1.15. The average molecular weight is 391 g/mol. The van der Waals surface area contributed by atoms with Gasteiger partial charge in [-0.2, -0.15) is 0 Å². The molecule has 2 atom stereocenters. The van der Waals surface area contributed by atoms with Gasteiger partial charge < -0.3 is 14.8 Å². The number of carbonyl (C=O) groups is 1. The van der Waals surface area contributed by atoms with Crippen LogP contribution in [0.3, 0.4) is 0 Å². The Balaban J connectivity index is 2.02. The fourth-order valence-electron chi connectivity index (χ4n) is 2.57. The molecule has 0 heterocycles. The molecule has 146 valence electrons. The van der Waals surface area contributed by atoms with Crippen LogP contribution in [-0.4, -0.2) is 33.8 Å². The zero-order valence-corrected chi connectivity index (χ0v) is 16.7. The maximum absolute atomic E-state index is 12.5. The molecule has 0 radical (unpaired) electrons. The van der Waals surface area contributed by atoms with E-state index in [0.29, 0.717) is 17.9 Å². The second-order valence-electron chi connectivity index (χ2n) is 6.25. The van der Waals surface area contributed by atoms with E-state index >= 15 is 0 Å². The third-order valence-electron chi connectivity index (χ3n) is 4.18. The van der Waals surface area contributed by atoms with E-state index in [1.807, 2.05) is 6.92 Å². The Morgan fingerprint density at radius 2 is 1.59 bits per heavy atom. The van der Waals surface area contributed by atoms with Crippen molar-refractivity contribution in [3.05, 3.63) is 54.1 Å². The van der Waals surface area contributed by atoms with Crippen molar-refractivity contribution in [1.29, 1.82) is 0 Å². The minimum absolute atomic E-state index is 0.229. The summed E-state index contributed by atoms with van der Waals surface area (Å²) in [4.78, 5) is 12.7. The molecule has 2 aromatic rings. The van der Waals surface area contributed by atoms with Crippen LogP contribution < -0.4 is 14.8 Å². The first-order valence-electron chi connectivity index (χ1n) is 8.65. The van der Waals surface area contributed by atoms with Crippen LogP contribution in [-0.2, 0) is 14.6 Å². The largest absolute Gasteiger partial charge is 0.497 e. The van der Waals surface area contributed by atoms with Crippen molar-refractivity contribution in [2.45, 2.75) is 37.3 Å². The summed E-state index contributed by atoms with van der Waals surface area (Å²) in [5.41, 5.74) is 0.842. The van der Waals surface area contributed by atoms with Crippen LogP contribution in [0.2, 0.25) is 0 Å². The van der Waals surface area contributed by atoms with Gasteiger partial charge in [-0.15, -0.1) is 0 Å². The minimum atomic E-state index is -3.24. The number of amides is 1. The van der Waals surface area contributed by atoms with Gasteiger partial charge >= 0.3 is 0 Å². The number of hydrogen-bond acceptors (Lipinski definition) is 5. The highest BCUT2D eigenvalue weighted by atomic mass is 32.2. The Labute approximate surface area is 160 Å². The van der Waals surface area contributed by atoms with Crippen LogP contribution in [0.5, 0.6) is 11.5 Å². The zero-order valence-electron chi connectivity index (χ0n) is 15.9. The third-order valence-corrected chi connectivity index (χ3v) is 5.31. The Morgan fingerprint density at radius 1 is 1.04 bits per heavy atom. The van der Waals surface area contributed by atoms with Crippen molar-refractivity contribution in [3.63, 3.8) is 0 Å². The summed E-state index contributed by atoms with van der Waals surface area (Å²) in [6.45, 7) is 3.63. The summed E-state index contributed by atoms with van der Waals surface area (Å²) < 4.78 is 33.9. The smallest absolute Gasteiger partial charge is 0.261 e. The molecule has 2 aromatic carbocycles. The summed E-state index contributed by atoms with van der Waals surface area (Å²) in [5, 5.41) is 2.95. The number of nitrogens with one attached hydrogen (secondary N) is 1. The Bertz CT molecular complexity index is 860. The molecule has 27 heavy (non-hydrogen) atoms. The molecule has 0 bridgehead atoms. The molecule has 0 aromatic heterocycles. The van der Waals surface area contributed by atoms with Gasteiger partial charge in [0.1, 0.15) is 11.5 Å². The van der Waals surface area contributed by atoms with E-state index in [4.69, 9.17) is 9.47 Å². The third kappa shape index (κ3) is 5.72. The molecule has 1 N–H and O–H groups in total. The van der Waals surface area contributed by atoms with Crippen LogP contribution in [0, 0.1) is 0 Å². The SMILES string of the molecule is CC[C@H](NC(=O)[C@@H](C)Oc1ccc(OC)cc1)c1ccc(S(C)(=O)=O)cc1. The predicted octanol–water partition coefficient (Wildman–Crippen LogP) is 3.13. The van der Waals surface area contributed by atoms with Gasteiger partial charge in [0, 0.05) is 6.26 Å². The van der Waals surface area contributed by atoms with Gasteiger partial charge in [-0.1, -0.05) is 19.1 Å². The lowest BCUT2D eigenvalue weighted by Gasteiger charge is -2.21. The van der Waals surface area contributed by atoms with E-state index in [9.17, 15) is 13.2 Å². The Kier molecular flexibility index (Phi) is 6.85. The first-order chi connectivity index (χ1) is 12.7. The van der Waals surface area contributed by atoms with Crippen molar-refractivity contribution in [2.24, 2.45) is 0 Å². The quantitative estimate of drug-likeness (QED) is 0.748. The van der Waals surface area contributed by atoms with Crippen molar-refractivity contribution >= 4 is 15.7 Å². The second-order valence-corrected chi connectivity index (χ2v) is 8.26. The zero-order chi connectivity index (χ0) is 20.0. The summed E-state index contributed by atoms with van der Waals surface area (Å²) in [7, 11) is -1.66. The molecule has 0 aliphatic rings. The molecule has 0 spiro atoms. The summed E-state index contributed by atoms with van der Waals surface area (Å²) in [6, 6.07) is 13.3. The standard InChI is InChI=1S/C20H25NO5S/c1-5-19(15-6-12-18(13-7-15)27(4,23)24)21-20(22)14(2)26-17-10-8-16(25-3)9-11-17/h6-14,19H,5H2,1-4H3,(H,21,22)/t14-,19+/m1/s1. The van der Waals surface area contributed by atoms with Crippen LogP contribution in [0.1, 0.15) is 31.9 Å². The van der Waals surface area contributed by atoms with Crippen molar-refractivity contribution < 1.29 is 22.7 Å². The van der Waals surface area contributed by atoms with Gasteiger partial charge in [0.25, 0.3) is 5.91 Å².